The normalized spacial score (nSPS) is 10.1. The highest BCUT2D eigenvalue weighted by Crippen LogP contribution is 2.18. The molecule has 0 aliphatic heterocycles. The molecule has 4 nitrogen and oxygen atoms in total. The van der Waals surface area contributed by atoms with Gasteiger partial charge in [0.1, 0.15) is 12.2 Å². The van der Waals surface area contributed by atoms with Crippen LogP contribution >= 0.6 is 0 Å². The quantitative estimate of drug-likeness (QED) is 0.773. The van der Waals surface area contributed by atoms with E-state index < -0.39 is 0 Å². The molecule has 0 aliphatic carbocycles. The van der Waals surface area contributed by atoms with Crippen molar-refractivity contribution in [2.45, 2.75) is 13.3 Å². The van der Waals surface area contributed by atoms with Crippen molar-refractivity contribution in [2.75, 3.05) is 0 Å². The second-order valence-corrected chi connectivity index (χ2v) is 3.31. The number of hydrogen-bond donors (Lipinski definition) is 0. The Morgan fingerprint density at radius 1 is 1.50 bits per heavy atom. The van der Waals surface area contributed by atoms with Crippen molar-refractivity contribution in [1.29, 1.82) is 5.26 Å². The van der Waals surface area contributed by atoms with Crippen molar-refractivity contribution >= 4 is 0 Å². The average Bonchev–Trinajstić information content (AvgIpc) is 2.71. The van der Waals surface area contributed by atoms with Crippen LogP contribution in [0.2, 0.25) is 0 Å². The molecule has 0 aliphatic rings. The van der Waals surface area contributed by atoms with Gasteiger partial charge in [0.2, 0.25) is 11.7 Å². The average molecular weight is 217 g/mol. The molecule has 16 heavy (non-hydrogen) atoms. The van der Waals surface area contributed by atoms with Crippen molar-refractivity contribution < 1.29 is 8.91 Å². The molecule has 80 valence electrons. The van der Waals surface area contributed by atoms with Crippen LogP contribution in [0.1, 0.15) is 11.5 Å². The van der Waals surface area contributed by atoms with Crippen LogP contribution in [0.25, 0.3) is 11.4 Å². The van der Waals surface area contributed by atoms with Gasteiger partial charge in [-0.1, -0.05) is 17.3 Å². The summed E-state index contributed by atoms with van der Waals surface area (Å²) in [5, 5.41) is 12.1. The van der Waals surface area contributed by atoms with Crippen LogP contribution in [-0.4, -0.2) is 10.1 Å². The third-order valence-corrected chi connectivity index (χ3v) is 2.13. The van der Waals surface area contributed by atoms with E-state index in [0.29, 0.717) is 17.0 Å². The van der Waals surface area contributed by atoms with Crippen LogP contribution in [0.3, 0.4) is 0 Å². The summed E-state index contributed by atoms with van der Waals surface area (Å²) in [4.78, 5) is 3.97. The van der Waals surface area contributed by atoms with Crippen molar-refractivity contribution in [3.63, 3.8) is 0 Å². The number of hydrogen-bond acceptors (Lipinski definition) is 4. The molecule has 0 saturated carbocycles. The largest absolute Gasteiger partial charge is 0.338 e. The van der Waals surface area contributed by atoms with Gasteiger partial charge in [-0.2, -0.15) is 10.2 Å². The summed E-state index contributed by atoms with van der Waals surface area (Å²) in [6.07, 6.45) is 0.0569. The third-order valence-electron chi connectivity index (χ3n) is 2.13. The number of aromatic nitrogens is 2. The molecule has 0 radical (unpaired) electrons. The van der Waals surface area contributed by atoms with E-state index in [1.807, 2.05) is 6.07 Å². The fraction of sp³-hybridized carbons (Fsp3) is 0.182. The molecule has 0 saturated heterocycles. The predicted molar refractivity (Wildman–Crippen MR) is 53.7 cm³/mol. The minimum Gasteiger partial charge on any atom is -0.338 e. The first kappa shape index (κ1) is 10.3. The first-order valence-electron chi connectivity index (χ1n) is 4.67. The SMILES string of the molecule is Cc1ccc(-c2noc(CC#N)n2)cc1F. The first-order chi connectivity index (χ1) is 7.70. The summed E-state index contributed by atoms with van der Waals surface area (Å²) < 4.78 is 18.1. The summed E-state index contributed by atoms with van der Waals surface area (Å²) in [6.45, 7) is 1.68. The van der Waals surface area contributed by atoms with E-state index in [1.165, 1.54) is 6.07 Å². The summed E-state index contributed by atoms with van der Waals surface area (Å²) in [5.74, 6) is 0.215. The number of rotatable bonds is 2. The van der Waals surface area contributed by atoms with E-state index >= 15 is 0 Å². The second-order valence-electron chi connectivity index (χ2n) is 3.31. The van der Waals surface area contributed by atoms with Gasteiger partial charge in [-0.3, -0.25) is 0 Å². The molecule has 1 aromatic carbocycles. The zero-order valence-corrected chi connectivity index (χ0v) is 8.57. The highest BCUT2D eigenvalue weighted by Gasteiger charge is 2.09. The molecular formula is C11H8FN3O. The lowest BCUT2D eigenvalue weighted by atomic mass is 10.1. The van der Waals surface area contributed by atoms with Gasteiger partial charge in [0, 0.05) is 5.56 Å². The van der Waals surface area contributed by atoms with Gasteiger partial charge in [-0.25, -0.2) is 4.39 Å². The zero-order valence-electron chi connectivity index (χ0n) is 8.57. The molecule has 2 aromatic rings. The maximum atomic E-state index is 13.3. The van der Waals surface area contributed by atoms with Crippen molar-refractivity contribution in [3.8, 4) is 17.5 Å². The molecule has 0 bridgehead atoms. The van der Waals surface area contributed by atoms with Crippen molar-refractivity contribution in [3.05, 3.63) is 35.5 Å². The molecule has 2 rings (SSSR count). The predicted octanol–water partition coefficient (Wildman–Crippen LogP) is 2.25. The molecule has 5 heteroatoms. The van der Waals surface area contributed by atoms with Crippen molar-refractivity contribution in [1.82, 2.24) is 10.1 Å². The number of aryl methyl sites for hydroxylation is 1. The van der Waals surface area contributed by atoms with Gasteiger partial charge in [-0.05, 0) is 18.6 Å². The molecular weight excluding hydrogens is 209 g/mol. The molecule has 0 atom stereocenters. The van der Waals surface area contributed by atoms with E-state index in [0.717, 1.165) is 0 Å². The van der Waals surface area contributed by atoms with Crippen LogP contribution in [-0.2, 0) is 6.42 Å². The Morgan fingerprint density at radius 2 is 2.31 bits per heavy atom. The van der Waals surface area contributed by atoms with Crippen LogP contribution in [0.5, 0.6) is 0 Å². The van der Waals surface area contributed by atoms with E-state index in [4.69, 9.17) is 9.78 Å². The molecule has 0 fully saturated rings. The minimum absolute atomic E-state index is 0.0569. The Morgan fingerprint density at radius 3 is 3.00 bits per heavy atom. The number of nitrogens with zero attached hydrogens (tertiary/aromatic N) is 3. The second kappa shape index (κ2) is 4.11. The van der Waals surface area contributed by atoms with E-state index in [2.05, 4.69) is 10.1 Å². The lowest BCUT2D eigenvalue weighted by Gasteiger charge is -1.97. The minimum atomic E-state index is -0.316. The molecule has 0 N–H and O–H groups in total. The summed E-state index contributed by atoms with van der Waals surface area (Å²) >= 11 is 0. The third kappa shape index (κ3) is 1.91. The van der Waals surface area contributed by atoms with Crippen LogP contribution in [0.15, 0.2) is 22.7 Å². The highest BCUT2D eigenvalue weighted by molar-refractivity contribution is 5.54. The van der Waals surface area contributed by atoms with Crippen molar-refractivity contribution in [2.24, 2.45) is 0 Å². The smallest absolute Gasteiger partial charge is 0.241 e. The Hall–Kier alpha value is -2.22. The van der Waals surface area contributed by atoms with E-state index in [9.17, 15) is 4.39 Å². The monoisotopic (exact) mass is 217 g/mol. The van der Waals surface area contributed by atoms with E-state index in [-0.39, 0.29) is 18.1 Å². The van der Waals surface area contributed by atoms with E-state index in [1.54, 1.807) is 19.1 Å². The Bertz CT molecular complexity index is 557. The molecule has 0 amide bonds. The summed E-state index contributed by atoms with van der Waals surface area (Å²) in [6, 6.07) is 6.59. The fourth-order valence-electron chi connectivity index (χ4n) is 1.24. The van der Waals surface area contributed by atoms with Crippen LogP contribution in [0.4, 0.5) is 4.39 Å². The van der Waals surface area contributed by atoms with Gasteiger partial charge >= 0.3 is 0 Å². The standard InChI is InChI=1S/C11H8FN3O/c1-7-2-3-8(6-9(7)12)11-14-10(4-5-13)16-15-11/h2-3,6H,4H2,1H3. The van der Waals surface area contributed by atoms with Crippen LogP contribution in [0, 0.1) is 24.1 Å². The molecule has 1 aromatic heterocycles. The molecule has 1 heterocycles. The van der Waals surface area contributed by atoms with Crippen LogP contribution < -0.4 is 0 Å². The lowest BCUT2D eigenvalue weighted by molar-refractivity contribution is 0.388. The van der Waals surface area contributed by atoms with Gasteiger partial charge in [-0.15, -0.1) is 0 Å². The summed E-state index contributed by atoms with van der Waals surface area (Å²) in [5.41, 5.74) is 1.10. The van der Waals surface area contributed by atoms with Gasteiger partial charge in [0.25, 0.3) is 0 Å². The summed E-state index contributed by atoms with van der Waals surface area (Å²) in [7, 11) is 0. The molecule has 0 spiro atoms. The zero-order chi connectivity index (χ0) is 11.5. The number of halogens is 1. The van der Waals surface area contributed by atoms with Gasteiger partial charge in [0.05, 0.1) is 6.07 Å². The van der Waals surface area contributed by atoms with Gasteiger partial charge < -0.3 is 4.52 Å². The maximum Gasteiger partial charge on any atom is 0.241 e. The van der Waals surface area contributed by atoms with Gasteiger partial charge in [0.15, 0.2) is 0 Å². The Balaban J connectivity index is 2.36. The number of nitriles is 1. The lowest BCUT2D eigenvalue weighted by Crippen LogP contribution is -1.86. The first-order valence-corrected chi connectivity index (χ1v) is 4.67. The number of benzene rings is 1. The molecule has 0 unspecified atom stereocenters. The maximum absolute atomic E-state index is 13.3. The Kier molecular flexibility index (Phi) is 2.64. The topological polar surface area (TPSA) is 62.7 Å². The Labute approximate surface area is 91.3 Å². The highest BCUT2D eigenvalue weighted by atomic mass is 19.1. The fourth-order valence-corrected chi connectivity index (χ4v) is 1.24.